The van der Waals surface area contributed by atoms with Crippen molar-refractivity contribution in [1.82, 2.24) is 4.98 Å². The van der Waals surface area contributed by atoms with Crippen molar-refractivity contribution in [2.45, 2.75) is 17.2 Å². The minimum absolute atomic E-state index is 0.0867. The standard InChI is InChI=1S/C16H15BrN2O3S/c1-10(23-15-5-2-11(17)9-18-15)16(20)19-12-3-4-13-14(8-12)22-7-6-21-13/h2-5,8-10H,6-7H2,1H3,(H,19,20). The average Bonchev–Trinajstić information content (AvgIpc) is 2.56. The Kier molecular flexibility index (Phi) is 5.07. The summed E-state index contributed by atoms with van der Waals surface area (Å²) >= 11 is 4.75. The van der Waals surface area contributed by atoms with E-state index < -0.39 is 0 Å². The lowest BCUT2D eigenvalue weighted by atomic mass is 10.2. The Morgan fingerprint density at radius 2 is 2.04 bits per heavy atom. The van der Waals surface area contributed by atoms with Crippen molar-refractivity contribution in [3.05, 3.63) is 41.0 Å². The maximum absolute atomic E-state index is 12.3. The summed E-state index contributed by atoms with van der Waals surface area (Å²) in [7, 11) is 0. The smallest absolute Gasteiger partial charge is 0.237 e. The zero-order chi connectivity index (χ0) is 16.2. The topological polar surface area (TPSA) is 60.5 Å². The quantitative estimate of drug-likeness (QED) is 0.800. The van der Waals surface area contributed by atoms with Gasteiger partial charge in [0.25, 0.3) is 0 Å². The molecule has 1 aliphatic rings. The van der Waals surface area contributed by atoms with Gasteiger partial charge >= 0.3 is 0 Å². The van der Waals surface area contributed by atoms with E-state index in [2.05, 4.69) is 26.2 Å². The number of hydrogen-bond donors (Lipinski definition) is 1. The fourth-order valence-electron chi connectivity index (χ4n) is 2.03. The normalized spacial score (nSPS) is 14.2. The van der Waals surface area contributed by atoms with E-state index in [9.17, 15) is 4.79 Å². The molecule has 1 aliphatic heterocycles. The molecule has 1 N–H and O–H groups in total. The van der Waals surface area contributed by atoms with E-state index in [4.69, 9.17) is 9.47 Å². The van der Waals surface area contributed by atoms with Crippen molar-refractivity contribution in [3.8, 4) is 11.5 Å². The van der Waals surface area contributed by atoms with Crippen molar-refractivity contribution in [1.29, 1.82) is 0 Å². The molecule has 2 heterocycles. The SMILES string of the molecule is CC(Sc1ccc(Br)cn1)C(=O)Nc1ccc2c(c1)OCCO2. The van der Waals surface area contributed by atoms with Crippen LogP contribution in [-0.2, 0) is 4.79 Å². The molecule has 120 valence electrons. The van der Waals surface area contributed by atoms with E-state index in [0.29, 0.717) is 30.4 Å². The predicted octanol–water partition coefficient (Wildman–Crippen LogP) is 3.73. The number of nitrogens with zero attached hydrogens (tertiary/aromatic N) is 1. The van der Waals surface area contributed by atoms with Gasteiger partial charge in [-0.3, -0.25) is 4.79 Å². The first-order chi connectivity index (χ1) is 11.1. The van der Waals surface area contributed by atoms with Crippen LogP contribution in [0.1, 0.15) is 6.92 Å². The van der Waals surface area contributed by atoms with Gasteiger partial charge in [0, 0.05) is 22.4 Å². The summed E-state index contributed by atoms with van der Waals surface area (Å²) in [5.74, 6) is 1.27. The molecular weight excluding hydrogens is 380 g/mol. The molecule has 2 aromatic rings. The third-order valence-electron chi connectivity index (χ3n) is 3.18. The number of benzene rings is 1. The molecule has 1 unspecified atom stereocenters. The van der Waals surface area contributed by atoms with Gasteiger partial charge in [0.1, 0.15) is 13.2 Å². The van der Waals surface area contributed by atoms with Crippen molar-refractivity contribution in [2.24, 2.45) is 0 Å². The van der Waals surface area contributed by atoms with E-state index in [1.165, 1.54) is 11.8 Å². The van der Waals surface area contributed by atoms with Gasteiger partial charge in [-0.2, -0.15) is 0 Å². The third kappa shape index (κ3) is 4.17. The first kappa shape index (κ1) is 16.1. The molecule has 23 heavy (non-hydrogen) atoms. The lowest BCUT2D eigenvalue weighted by Gasteiger charge is -2.19. The third-order valence-corrected chi connectivity index (χ3v) is 4.70. The highest BCUT2D eigenvalue weighted by molar-refractivity contribution is 9.10. The van der Waals surface area contributed by atoms with Crippen LogP contribution in [0.15, 0.2) is 46.0 Å². The summed E-state index contributed by atoms with van der Waals surface area (Å²) in [6.45, 7) is 2.92. The number of aromatic nitrogens is 1. The Morgan fingerprint density at radius 1 is 1.26 bits per heavy atom. The highest BCUT2D eigenvalue weighted by Gasteiger charge is 2.17. The number of hydrogen-bond acceptors (Lipinski definition) is 5. The molecular formula is C16H15BrN2O3S. The maximum Gasteiger partial charge on any atom is 0.237 e. The van der Waals surface area contributed by atoms with Crippen LogP contribution in [0.5, 0.6) is 11.5 Å². The molecule has 1 atom stereocenters. The first-order valence-corrected chi connectivity index (χ1v) is 8.78. The Hall–Kier alpha value is -1.73. The number of halogens is 1. The molecule has 0 spiro atoms. The van der Waals surface area contributed by atoms with Gasteiger partial charge in [0.2, 0.25) is 5.91 Å². The lowest BCUT2D eigenvalue weighted by Crippen LogP contribution is -2.22. The largest absolute Gasteiger partial charge is 0.486 e. The van der Waals surface area contributed by atoms with Gasteiger partial charge in [-0.05, 0) is 47.1 Å². The van der Waals surface area contributed by atoms with E-state index in [1.807, 2.05) is 19.1 Å². The summed E-state index contributed by atoms with van der Waals surface area (Å²) in [5, 5.41) is 3.43. The van der Waals surface area contributed by atoms with Gasteiger partial charge in [-0.1, -0.05) is 11.8 Å². The van der Waals surface area contributed by atoms with Crippen LogP contribution in [0, 0.1) is 0 Å². The summed E-state index contributed by atoms with van der Waals surface area (Å²) in [6.07, 6.45) is 1.72. The van der Waals surface area contributed by atoms with E-state index in [0.717, 1.165) is 9.50 Å². The van der Waals surface area contributed by atoms with Crippen LogP contribution < -0.4 is 14.8 Å². The molecule has 0 saturated heterocycles. The predicted molar refractivity (Wildman–Crippen MR) is 93.3 cm³/mol. The number of nitrogens with one attached hydrogen (secondary N) is 1. The molecule has 7 heteroatoms. The number of carbonyl (C=O) groups is 1. The number of rotatable bonds is 4. The van der Waals surface area contributed by atoms with Gasteiger partial charge in [0.15, 0.2) is 11.5 Å². The van der Waals surface area contributed by atoms with Crippen LogP contribution in [0.25, 0.3) is 0 Å². The second-order valence-electron chi connectivity index (χ2n) is 4.92. The number of pyridine rings is 1. The summed E-state index contributed by atoms with van der Waals surface area (Å²) in [6, 6.07) is 9.17. The zero-order valence-corrected chi connectivity index (χ0v) is 14.8. The van der Waals surface area contributed by atoms with Crippen molar-refractivity contribution in [3.63, 3.8) is 0 Å². The van der Waals surface area contributed by atoms with Gasteiger partial charge in [-0.15, -0.1) is 0 Å². The Morgan fingerprint density at radius 3 is 2.78 bits per heavy atom. The van der Waals surface area contributed by atoms with E-state index in [1.54, 1.807) is 24.4 Å². The Bertz CT molecular complexity index is 709. The lowest BCUT2D eigenvalue weighted by molar-refractivity contribution is -0.115. The first-order valence-electron chi connectivity index (χ1n) is 7.10. The second kappa shape index (κ2) is 7.23. The Balaban J connectivity index is 1.63. The second-order valence-corrected chi connectivity index (χ2v) is 7.20. The fraction of sp³-hybridized carbons (Fsp3) is 0.250. The van der Waals surface area contributed by atoms with Crippen molar-refractivity contribution >= 4 is 39.3 Å². The van der Waals surface area contributed by atoms with Crippen molar-refractivity contribution in [2.75, 3.05) is 18.5 Å². The van der Waals surface area contributed by atoms with Gasteiger partial charge < -0.3 is 14.8 Å². The maximum atomic E-state index is 12.3. The van der Waals surface area contributed by atoms with Crippen LogP contribution >= 0.6 is 27.7 Å². The number of anilines is 1. The van der Waals surface area contributed by atoms with Gasteiger partial charge in [0.05, 0.1) is 10.3 Å². The molecule has 1 aromatic heterocycles. The number of ether oxygens (including phenoxy) is 2. The number of carbonyl (C=O) groups excluding carboxylic acids is 1. The summed E-state index contributed by atoms with van der Waals surface area (Å²) in [5.41, 5.74) is 0.690. The highest BCUT2D eigenvalue weighted by atomic mass is 79.9. The number of thioether (sulfide) groups is 1. The molecule has 0 aliphatic carbocycles. The number of amides is 1. The molecule has 0 radical (unpaired) electrons. The molecule has 0 bridgehead atoms. The summed E-state index contributed by atoms with van der Waals surface area (Å²) < 4.78 is 11.9. The average molecular weight is 395 g/mol. The molecule has 1 amide bonds. The monoisotopic (exact) mass is 394 g/mol. The molecule has 3 rings (SSSR count). The highest BCUT2D eigenvalue weighted by Crippen LogP contribution is 2.33. The molecule has 1 aromatic carbocycles. The molecule has 5 nitrogen and oxygen atoms in total. The van der Waals surface area contributed by atoms with E-state index in [-0.39, 0.29) is 11.2 Å². The molecule has 0 fully saturated rings. The fourth-order valence-corrected chi connectivity index (χ4v) is 3.05. The minimum atomic E-state index is -0.267. The minimum Gasteiger partial charge on any atom is -0.486 e. The van der Waals surface area contributed by atoms with Crippen LogP contribution in [0.2, 0.25) is 0 Å². The Labute approximate surface area is 146 Å². The van der Waals surface area contributed by atoms with Crippen LogP contribution in [0.4, 0.5) is 5.69 Å². The molecule has 0 saturated carbocycles. The van der Waals surface area contributed by atoms with Crippen LogP contribution in [-0.4, -0.2) is 29.4 Å². The van der Waals surface area contributed by atoms with Crippen molar-refractivity contribution < 1.29 is 14.3 Å². The van der Waals surface area contributed by atoms with Gasteiger partial charge in [-0.25, -0.2) is 4.98 Å². The van der Waals surface area contributed by atoms with Crippen LogP contribution in [0.3, 0.4) is 0 Å². The summed E-state index contributed by atoms with van der Waals surface area (Å²) in [4.78, 5) is 16.6. The van der Waals surface area contributed by atoms with E-state index >= 15 is 0 Å². The zero-order valence-electron chi connectivity index (χ0n) is 12.4. The number of fused-ring (bicyclic) bond motifs is 1.